The lowest BCUT2D eigenvalue weighted by molar-refractivity contribution is -0.125. The molecule has 3 rings (SSSR count). The molecule has 0 radical (unpaired) electrons. The monoisotopic (exact) mass is 316 g/mol. The van der Waals surface area contributed by atoms with Gasteiger partial charge in [0, 0.05) is 6.54 Å². The molecule has 0 spiro atoms. The highest BCUT2D eigenvalue weighted by Crippen LogP contribution is 2.22. The quantitative estimate of drug-likeness (QED) is 0.941. The SMILES string of the molecule is Cc1ccc(C(C)NC(=O)C2CCCN2C(=O)c2ccco2)o1. The van der Waals surface area contributed by atoms with Crippen LogP contribution in [0.1, 0.15) is 47.9 Å². The van der Waals surface area contributed by atoms with Gasteiger partial charge in [-0.05, 0) is 51.0 Å². The topological polar surface area (TPSA) is 75.7 Å². The van der Waals surface area contributed by atoms with E-state index >= 15 is 0 Å². The summed E-state index contributed by atoms with van der Waals surface area (Å²) in [6, 6.07) is 6.29. The minimum absolute atomic E-state index is 0.163. The minimum Gasteiger partial charge on any atom is -0.464 e. The molecule has 6 nitrogen and oxygen atoms in total. The molecule has 2 aromatic rings. The maximum absolute atomic E-state index is 12.5. The maximum Gasteiger partial charge on any atom is 0.290 e. The number of amides is 2. The molecule has 2 amide bonds. The minimum atomic E-state index is -0.467. The molecular weight excluding hydrogens is 296 g/mol. The van der Waals surface area contributed by atoms with Crippen molar-refractivity contribution in [3.8, 4) is 0 Å². The van der Waals surface area contributed by atoms with E-state index in [0.717, 1.165) is 12.2 Å². The first-order valence-electron chi connectivity index (χ1n) is 7.77. The van der Waals surface area contributed by atoms with Crippen LogP contribution < -0.4 is 5.32 Å². The van der Waals surface area contributed by atoms with Gasteiger partial charge in [0.05, 0.1) is 12.3 Å². The van der Waals surface area contributed by atoms with Crippen LogP contribution in [0.2, 0.25) is 0 Å². The first kappa shape index (κ1) is 15.4. The van der Waals surface area contributed by atoms with E-state index in [1.807, 2.05) is 26.0 Å². The van der Waals surface area contributed by atoms with Gasteiger partial charge in [0.2, 0.25) is 5.91 Å². The van der Waals surface area contributed by atoms with Crippen molar-refractivity contribution in [3.63, 3.8) is 0 Å². The Morgan fingerprint density at radius 2 is 2.17 bits per heavy atom. The number of furan rings is 2. The normalized spacial score (nSPS) is 18.9. The number of nitrogens with zero attached hydrogens (tertiary/aromatic N) is 1. The number of hydrogen-bond donors (Lipinski definition) is 1. The lowest BCUT2D eigenvalue weighted by Gasteiger charge is -2.24. The van der Waals surface area contributed by atoms with Crippen LogP contribution in [-0.4, -0.2) is 29.3 Å². The number of nitrogens with one attached hydrogen (secondary N) is 1. The van der Waals surface area contributed by atoms with Crippen LogP contribution in [-0.2, 0) is 4.79 Å². The predicted molar refractivity (Wildman–Crippen MR) is 82.8 cm³/mol. The molecular formula is C17H20N2O4. The molecule has 6 heteroatoms. The average Bonchev–Trinajstić information content (AvgIpc) is 3.27. The van der Waals surface area contributed by atoms with Crippen LogP contribution in [0, 0.1) is 6.92 Å². The summed E-state index contributed by atoms with van der Waals surface area (Å²) in [5, 5.41) is 2.92. The highest BCUT2D eigenvalue weighted by Gasteiger charge is 2.36. The van der Waals surface area contributed by atoms with Gasteiger partial charge in [-0.3, -0.25) is 9.59 Å². The van der Waals surface area contributed by atoms with Crippen molar-refractivity contribution in [1.82, 2.24) is 10.2 Å². The van der Waals surface area contributed by atoms with Crippen molar-refractivity contribution in [1.29, 1.82) is 0 Å². The summed E-state index contributed by atoms with van der Waals surface area (Å²) in [6.07, 6.45) is 2.92. The summed E-state index contributed by atoms with van der Waals surface area (Å²) in [5.41, 5.74) is 0. The Kier molecular flexibility index (Phi) is 4.23. The van der Waals surface area contributed by atoms with E-state index in [1.54, 1.807) is 17.0 Å². The van der Waals surface area contributed by atoms with E-state index in [1.165, 1.54) is 6.26 Å². The zero-order chi connectivity index (χ0) is 16.4. The van der Waals surface area contributed by atoms with Crippen LogP contribution in [0.5, 0.6) is 0 Å². The fourth-order valence-corrected chi connectivity index (χ4v) is 2.89. The number of aryl methyl sites for hydroxylation is 1. The summed E-state index contributed by atoms with van der Waals surface area (Å²) >= 11 is 0. The Balaban J connectivity index is 1.67. The van der Waals surface area contributed by atoms with Gasteiger partial charge in [-0.15, -0.1) is 0 Å². The zero-order valence-corrected chi connectivity index (χ0v) is 13.2. The van der Waals surface area contributed by atoms with E-state index in [-0.39, 0.29) is 23.6 Å². The number of likely N-dealkylation sites (tertiary alicyclic amines) is 1. The second-order valence-electron chi connectivity index (χ2n) is 5.81. The number of carbonyl (C=O) groups excluding carboxylic acids is 2. The Morgan fingerprint density at radius 3 is 2.83 bits per heavy atom. The Hall–Kier alpha value is -2.50. The van der Waals surface area contributed by atoms with Crippen molar-refractivity contribution < 1.29 is 18.4 Å². The second kappa shape index (κ2) is 6.32. The van der Waals surface area contributed by atoms with E-state index in [4.69, 9.17) is 8.83 Å². The van der Waals surface area contributed by atoms with Crippen LogP contribution in [0.4, 0.5) is 0 Å². The van der Waals surface area contributed by atoms with E-state index < -0.39 is 6.04 Å². The molecule has 1 aliphatic heterocycles. The second-order valence-corrected chi connectivity index (χ2v) is 5.81. The Morgan fingerprint density at radius 1 is 1.35 bits per heavy atom. The van der Waals surface area contributed by atoms with Gasteiger partial charge in [-0.2, -0.15) is 0 Å². The summed E-state index contributed by atoms with van der Waals surface area (Å²) in [4.78, 5) is 26.5. The Labute approximate surface area is 134 Å². The molecule has 3 heterocycles. The first-order valence-corrected chi connectivity index (χ1v) is 7.77. The van der Waals surface area contributed by atoms with Gasteiger partial charge in [-0.25, -0.2) is 0 Å². The zero-order valence-electron chi connectivity index (χ0n) is 13.2. The summed E-state index contributed by atoms with van der Waals surface area (Å²) < 4.78 is 10.7. The summed E-state index contributed by atoms with van der Waals surface area (Å²) in [6.45, 7) is 4.29. The van der Waals surface area contributed by atoms with Crippen molar-refractivity contribution in [2.45, 2.75) is 38.8 Å². The molecule has 2 unspecified atom stereocenters. The summed E-state index contributed by atoms with van der Waals surface area (Å²) in [7, 11) is 0. The molecule has 0 aromatic carbocycles. The third kappa shape index (κ3) is 3.16. The van der Waals surface area contributed by atoms with E-state index in [9.17, 15) is 9.59 Å². The average molecular weight is 316 g/mol. The van der Waals surface area contributed by atoms with Gasteiger partial charge < -0.3 is 19.1 Å². The summed E-state index contributed by atoms with van der Waals surface area (Å²) in [5.74, 6) is 1.37. The highest BCUT2D eigenvalue weighted by atomic mass is 16.3. The molecule has 122 valence electrons. The van der Waals surface area contributed by atoms with Crippen LogP contribution >= 0.6 is 0 Å². The molecule has 1 saturated heterocycles. The van der Waals surface area contributed by atoms with Gasteiger partial charge in [0.1, 0.15) is 17.6 Å². The lowest BCUT2D eigenvalue weighted by Crippen LogP contribution is -2.46. The third-order valence-corrected chi connectivity index (χ3v) is 4.09. The lowest BCUT2D eigenvalue weighted by atomic mass is 10.1. The number of hydrogen-bond acceptors (Lipinski definition) is 4. The van der Waals surface area contributed by atoms with Gasteiger partial charge in [-0.1, -0.05) is 0 Å². The number of rotatable bonds is 4. The largest absolute Gasteiger partial charge is 0.464 e. The van der Waals surface area contributed by atoms with Crippen molar-refractivity contribution in [2.24, 2.45) is 0 Å². The van der Waals surface area contributed by atoms with Gasteiger partial charge >= 0.3 is 0 Å². The molecule has 2 aromatic heterocycles. The molecule has 1 aliphatic rings. The van der Waals surface area contributed by atoms with Crippen LogP contribution in [0.15, 0.2) is 39.4 Å². The van der Waals surface area contributed by atoms with Crippen LogP contribution in [0.3, 0.4) is 0 Å². The molecule has 0 bridgehead atoms. The molecule has 1 fully saturated rings. The third-order valence-electron chi connectivity index (χ3n) is 4.09. The number of carbonyl (C=O) groups is 2. The fraction of sp³-hybridized carbons (Fsp3) is 0.412. The first-order chi connectivity index (χ1) is 11.1. The predicted octanol–water partition coefficient (Wildman–Crippen LogP) is 2.66. The Bertz CT molecular complexity index is 689. The maximum atomic E-state index is 12.5. The standard InChI is InChI=1S/C17H20N2O4/c1-11-7-8-14(23-11)12(2)18-16(20)13-5-3-9-19(13)17(21)15-6-4-10-22-15/h4,6-8,10,12-13H,3,5,9H2,1-2H3,(H,18,20). The molecule has 2 atom stereocenters. The van der Waals surface area contributed by atoms with E-state index in [0.29, 0.717) is 18.7 Å². The van der Waals surface area contributed by atoms with Gasteiger partial charge in [0.15, 0.2) is 5.76 Å². The van der Waals surface area contributed by atoms with Crippen molar-refractivity contribution in [2.75, 3.05) is 6.54 Å². The molecule has 1 N–H and O–H groups in total. The van der Waals surface area contributed by atoms with Gasteiger partial charge in [0.25, 0.3) is 5.91 Å². The van der Waals surface area contributed by atoms with Crippen molar-refractivity contribution in [3.05, 3.63) is 47.8 Å². The highest BCUT2D eigenvalue weighted by molar-refractivity contribution is 5.96. The van der Waals surface area contributed by atoms with Crippen LogP contribution in [0.25, 0.3) is 0 Å². The van der Waals surface area contributed by atoms with E-state index in [2.05, 4.69) is 5.32 Å². The molecule has 23 heavy (non-hydrogen) atoms. The fourth-order valence-electron chi connectivity index (χ4n) is 2.89. The molecule has 0 aliphatic carbocycles. The smallest absolute Gasteiger partial charge is 0.290 e. The van der Waals surface area contributed by atoms with Crippen molar-refractivity contribution >= 4 is 11.8 Å². The molecule has 0 saturated carbocycles.